The lowest BCUT2D eigenvalue weighted by molar-refractivity contribution is -0.121. The summed E-state index contributed by atoms with van der Waals surface area (Å²) < 4.78 is 32.2. The van der Waals surface area contributed by atoms with Gasteiger partial charge < -0.3 is 20.5 Å². The maximum absolute atomic E-state index is 13.5. The van der Waals surface area contributed by atoms with E-state index in [0.717, 1.165) is 0 Å². The molecule has 0 bridgehead atoms. The molecule has 36 heavy (non-hydrogen) atoms. The van der Waals surface area contributed by atoms with Crippen molar-refractivity contribution in [3.05, 3.63) is 70.9 Å². The molecule has 2 aromatic carbocycles. The first kappa shape index (κ1) is 27.3. The number of carbonyl (C=O) groups excluding carboxylic acids is 2. The molecule has 2 amide bonds. The molecule has 0 saturated heterocycles. The zero-order valence-corrected chi connectivity index (χ0v) is 20.5. The molecule has 0 saturated carbocycles. The number of fused-ring (bicyclic) bond motifs is 1. The lowest BCUT2D eigenvalue weighted by Crippen LogP contribution is -2.46. The molecular weight excluding hydrogens is 494 g/mol. The van der Waals surface area contributed by atoms with Gasteiger partial charge in [0.2, 0.25) is 5.91 Å². The summed E-state index contributed by atoms with van der Waals surface area (Å²) >= 11 is 5.91. The molecule has 4 N–H and O–H groups in total. The zero-order chi connectivity index (χ0) is 26.3. The second kappa shape index (κ2) is 12.1. The maximum atomic E-state index is 13.5. The first-order valence-corrected chi connectivity index (χ1v) is 11.5. The summed E-state index contributed by atoms with van der Waals surface area (Å²) in [5.41, 5.74) is -0.646. The summed E-state index contributed by atoms with van der Waals surface area (Å²) in [7, 11) is 0. The molecule has 0 aliphatic heterocycles. The SMILES string of the molecule is CC(C)(O)C[C@@H](COC(=O)Nc1cc2cc(F)ccc2cn1)NC(=O)CNCc1cccc(F)c1Cl. The van der Waals surface area contributed by atoms with Crippen molar-refractivity contribution < 1.29 is 28.2 Å². The topological polar surface area (TPSA) is 113 Å². The fraction of sp³-hybridized carbons (Fsp3) is 0.320. The number of nitrogens with zero attached hydrogens (tertiary/aromatic N) is 1. The normalized spacial score (nSPS) is 12.3. The van der Waals surface area contributed by atoms with Crippen LogP contribution >= 0.6 is 11.6 Å². The average Bonchev–Trinajstić information content (AvgIpc) is 2.79. The Balaban J connectivity index is 1.52. The third-order valence-electron chi connectivity index (χ3n) is 5.07. The summed E-state index contributed by atoms with van der Waals surface area (Å²) in [6.07, 6.45) is 0.771. The van der Waals surface area contributed by atoms with Gasteiger partial charge >= 0.3 is 6.09 Å². The number of aromatic nitrogens is 1. The second-order valence-electron chi connectivity index (χ2n) is 8.88. The third kappa shape index (κ3) is 8.40. The van der Waals surface area contributed by atoms with Crippen LogP contribution < -0.4 is 16.0 Å². The highest BCUT2D eigenvalue weighted by Crippen LogP contribution is 2.20. The second-order valence-corrected chi connectivity index (χ2v) is 9.26. The van der Waals surface area contributed by atoms with Crippen molar-refractivity contribution in [2.75, 3.05) is 18.5 Å². The molecule has 1 heterocycles. The van der Waals surface area contributed by atoms with E-state index in [1.54, 1.807) is 26.0 Å². The molecule has 0 fully saturated rings. The lowest BCUT2D eigenvalue weighted by atomic mass is 9.99. The quantitative estimate of drug-likeness (QED) is 0.319. The third-order valence-corrected chi connectivity index (χ3v) is 5.50. The highest BCUT2D eigenvalue weighted by atomic mass is 35.5. The number of anilines is 1. The molecule has 0 spiro atoms. The number of pyridine rings is 1. The van der Waals surface area contributed by atoms with Crippen LogP contribution in [0, 0.1) is 11.6 Å². The predicted octanol–water partition coefficient (Wildman–Crippen LogP) is 4.15. The van der Waals surface area contributed by atoms with Gasteiger partial charge in [-0.2, -0.15) is 0 Å². The Kier molecular flexibility index (Phi) is 9.14. The number of halogens is 3. The van der Waals surface area contributed by atoms with Crippen molar-refractivity contribution in [1.82, 2.24) is 15.6 Å². The predicted molar refractivity (Wildman–Crippen MR) is 133 cm³/mol. The van der Waals surface area contributed by atoms with Crippen LogP contribution in [0.2, 0.25) is 5.02 Å². The van der Waals surface area contributed by atoms with E-state index in [1.807, 2.05) is 0 Å². The Hall–Kier alpha value is -3.34. The molecule has 3 rings (SSSR count). The number of nitrogens with one attached hydrogen (secondary N) is 3. The molecule has 0 radical (unpaired) electrons. The van der Waals surface area contributed by atoms with Gasteiger partial charge in [0.15, 0.2) is 0 Å². The van der Waals surface area contributed by atoms with Crippen LogP contribution in [0.1, 0.15) is 25.8 Å². The molecule has 0 aliphatic rings. The summed E-state index contributed by atoms with van der Waals surface area (Å²) in [5.74, 6) is -1.21. The monoisotopic (exact) mass is 520 g/mol. The van der Waals surface area contributed by atoms with Gasteiger partial charge in [-0.15, -0.1) is 0 Å². The largest absolute Gasteiger partial charge is 0.447 e. The molecule has 0 aliphatic carbocycles. The van der Waals surface area contributed by atoms with Crippen molar-refractivity contribution in [2.45, 2.75) is 38.5 Å². The minimum atomic E-state index is -1.15. The van der Waals surface area contributed by atoms with E-state index < -0.39 is 35.3 Å². The maximum Gasteiger partial charge on any atom is 0.412 e. The van der Waals surface area contributed by atoms with Crippen LogP contribution in [0.15, 0.2) is 48.7 Å². The van der Waals surface area contributed by atoms with E-state index in [0.29, 0.717) is 16.3 Å². The van der Waals surface area contributed by atoms with Crippen LogP contribution in [0.5, 0.6) is 0 Å². The molecule has 192 valence electrons. The Labute approximate surface area is 212 Å². The van der Waals surface area contributed by atoms with Gasteiger partial charge in [0.05, 0.1) is 23.2 Å². The molecule has 0 unspecified atom stereocenters. The van der Waals surface area contributed by atoms with Gasteiger partial charge in [0.1, 0.15) is 24.1 Å². The Morgan fingerprint density at radius 3 is 2.69 bits per heavy atom. The summed E-state index contributed by atoms with van der Waals surface area (Å²) in [4.78, 5) is 28.8. The fourth-order valence-electron chi connectivity index (χ4n) is 3.53. The van der Waals surface area contributed by atoms with Crippen LogP contribution in [0.4, 0.5) is 19.4 Å². The molecule has 8 nitrogen and oxygen atoms in total. The van der Waals surface area contributed by atoms with Gasteiger partial charge in [-0.05, 0) is 61.5 Å². The van der Waals surface area contributed by atoms with Gasteiger partial charge in [0, 0.05) is 18.1 Å². The van der Waals surface area contributed by atoms with Gasteiger partial charge in [0.25, 0.3) is 0 Å². The van der Waals surface area contributed by atoms with Crippen LogP contribution in [-0.2, 0) is 16.1 Å². The molecule has 3 aromatic rings. The van der Waals surface area contributed by atoms with Crippen molar-refractivity contribution >= 4 is 40.2 Å². The van der Waals surface area contributed by atoms with Crippen molar-refractivity contribution in [1.29, 1.82) is 0 Å². The Bertz CT molecular complexity index is 1240. The molecule has 1 aromatic heterocycles. The Morgan fingerprint density at radius 2 is 1.94 bits per heavy atom. The molecular formula is C25H27ClF2N4O4. The summed E-state index contributed by atoms with van der Waals surface area (Å²) in [5, 5.41) is 19.5. The first-order chi connectivity index (χ1) is 17.0. The van der Waals surface area contributed by atoms with Crippen LogP contribution in [0.25, 0.3) is 10.8 Å². The number of benzene rings is 2. The van der Waals surface area contributed by atoms with Crippen molar-refractivity contribution in [3.63, 3.8) is 0 Å². The highest BCUT2D eigenvalue weighted by Gasteiger charge is 2.23. The minimum Gasteiger partial charge on any atom is -0.447 e. The average molecular weight is 521 g/mol. The number of amides is 2. The van der Waals surface area contributed by atoms with E-state index >= 15 is 0 Å². The van der Waals surface area contributed by atoms with E-state index in [-0.39, 0.29) is 37.0 Å². The van der Waals surface area contributed by atoms with E-state index in [1.165, 1.54) is 36.5 Å². The summed E-state index contributed by atoms with van der Waals surface area (Å²) in [6, 6.07) is 9.42. The molecule has 11 heteroatoms. The highest BCUT2D eigenvalue weighted by molar-refractivity contribution is 6.31. The summed E-state index contributed by atoms with van der Waals surface area (Å²) in [6.45, 7) is 2.96. The smallest absolute Gasteiger partial charge is 0.412 e. The zero-order valence-electron chi connectivity index (χ0n) is 19.8. The Morgan fingerprint density at radius 1 is 1.17 bits per heavy atom. The number of hydrogen-bond donors (Lipinski definition) is 4. The van der Waals surface area contributed by atoms with Crippen molar-refractivity contribution in [3.8, 4) is 0 Å². The van der Waals surface area contributed by atoms with Gasteiger partial charge in [-0.1, -0.05) is 23.7 Å². The number of aliphatic hydroxyl groups is 1. The van der Waals surface area contributed by atoms with E-state index in [2.05, 4.69) is 20.9 Å². The number of rotatable bonds is 10. The fourth-order valence-corrected chi connectivity index (χ4v) is 3.72. The van der Waals surface area contributed by atoms with E-state index in [9.17, 15) is 23.5 Å². The lowest BCUT2D eigenvalue weighted by Gasteiger charge is -2.25. The van der Waals surface area contributed by atoms with Crippen LogP contribution in [0.3, 0.4) is 0 Å². The standard InChI is InChI=1S/C25H27ClF2N4O4/c1-25(2,35)10-19(31-22(33)13-29-11-16-4-3-5-20(28)23(16)26)14-36-24(34)32-21-9-17-8-18(27)7-6-15(17)12-30-21/h3-9,12,19,29,35H,10-11,13-14H2,1-2H3,(H,31,33)(H,30,32,34)/t19-/m0/s1. The van der Waals surface area contributed by atoms with Crippen molar-refractivity contribution in [2.24, 2.45) is 0 Å². The number of hydrogen-bond acceptors (Lipinski definition) is 6. The minimum absolute atomic E-state index is 0.0178. The number of ether oxygens (including phenoxy) is 1. The molecule has 1 atom stereocenters. The van der Waals surface area contributed by atoms with Gasteiger partial charge in [-0.3, -0.25) is 10.1 Å². The number of carbonyl (C=O) groups is 2. The van der Waals surface area contributed by atoms with Gasteiger partial charge in [-0.25, -0.2) is 18.6 Å². The van der Waals surface area contributed by atoms with E-state index in [4.69, 9.17) is 16.3 Å². The van der Waals surface area contributed by atoms with Crippen LogP contribution in [-0.4, -0.2) is 46.9 Å². The first-order valence-electron chi connectivity index (χ1n) is 11.1.